The molecule has 0 spiro atoms. The molecule has 0 unspecified atom stereocenters. The largest absolute Gasteiger partial charge is 0.495 e. The smallest absolute Gasteiger partial charge is 0.299 e. The Bertz CT molecular complexity index is 862. The Hall–Kier alpha value is -2.49. The molecule has 126 valence electrons. The van der Waals surface area contributed by atoms with Crippen LogP contribution in [-0.4, -0.2) is 34.0 Å². The lowest BCUT2D eigenvalue weighted by molar-refractivity contribution is 0.137. The number of methoxy groups -OCH3 is 2. The molecule has 10 heteroatoms. The van der Waals surface area contributed by atoms with E-state index < -0.39 is 12.2 Å². The van der Waals surface area contributed by atoms with Crippen LogP contribution in [0.15, 0.2) is 28.7 Å². The molecule has 1 aromatic carbocycles. The molecule has 0 aliphatic carbocycles. The Morgan fingerprint density at radius 2 is 1.79 bits per heavy atom. The maximum absolute atomic E-state index is 12.9. The van der Waals surface area contributed by atoms with Gasteiger partial charge in [0, 0.05) is 17.8 Å². The highest BCUT2D eigenvalue weighted by Crippen LogP contribution is 2.38. The number of rotatable bonds is 5. The molecule has 0 saturated carbocycles. The Balaban J connectivity index is 1.99. The van der Waals surface area contributed by atoms with Crippen molar-refractivity contribution in [1.82, 2.24) is 19.8 Å². The van der Waals surface area contributed by atoms with Gasteiger partial charge in [-0.05, 0) is 28.1 Å². The minimum atomic E-state index is -2.77. The Kier molecular flexibility index (Phi) is 4.47. The molecule has 0 aliphatic rings. The van der Waals surface area contributed by atoms with Gasteiger partial charge in [-0.2, -0.15) is 4.52 Å². The van der Waals surface area contributed by atoms with Crippen LogP contribution in [-0.2, 0) is 0 Å². The summed E-state index contributed by atoms with van der Waals surface area (Å²) in [5.41, 5.74) is 0.854. The van der Waals surface area contributed by atoms with E-state index in [0.717, 1.165) is 4.52 Å². The fraction of sp³-hybridized carbons (Fsp3) is 0.214. The van der Waals surface area contributed by atoms with Crippen molar-refractivity contribution in [2.24, 2.45) is 0 Å². The van der Waals surface area contributed by atoms with E-state index in [1.807, 2.05) is 0 Å². The van der Waals surface area contributed by atoms with E-state index in [4.69, 9.17) is 9.47 Å². The molecular formula is C14H12BrF2N5O2. The SMILES string of the molecule is COc1cc(Nc2ccc3nnc(C(F)F)n3n2)cc(OC)c1Br. The molecule has 3 aromatic rings. The van der Waals surface area contributed by atoms with Gasteiger partial charge in [0.15, 0.2) is 11.5 Å². The van der Waals surface area contributed by atoms with Gasteiger partial charge < -0.3 is 14.8 Å². The van der Waals surface area contributed by atoms with Crippen LogP contribution in [0.3, 0.4) is 0 Å². The predicted molar refractivity (Wildman–Crippen MR) is 86.3 cm³/mol. The molecule has 2 aromatic heterocycles. The van der Waals surface area contributed by atoms with Gasteiger partial charge in [0.25, 0.3) is 6.43 Å². The topological polar surface area (TPSA) is 73.6 Å². The van der Waals surface area contributed by atoms with Gasteiger partial charge in [0.1, 0.15) is 16.0 Å². The lowest BCUT2D eigenvalue weighted by Gasteiger charge is -2.12. The third-order valence-electron chi connectivity index (χ3n) is 3.20. The highest BCUT2D eigenvalue weighted by molar-refractivity contribution is 9.10. The molecule has 0 bridgehead atoms. The third kappa shape index (κ3) is 2.96. The van der Waals surface area contributed by atoms with Crippen LogP contribution in [0.5, 0.6) is 11.5 Å². The Morgan fingerprint density at radius 3 is 2.38 bits per heavy atom. The minimum Gasteiger partial charge on any atom is -0.495 e. The predicted octanol–water partition coefficient (Wildman–Crippen LogP) is 3.59. The maximum Gasteiger partial charge on any atom is 0.299 e. The van der Waals surface area contributed by atoms with Gasteiger partial charge in [-0.15, -0.1) is 15.3 Å². The van der Waals surface area contributed by atoms with Crippen molar-refractivity contribution in [1.29, 1.82) is 0 Å². The fourth-order valence-electron chi connectivity index (χ4n) is 2.10. The van der Waals surface area contributed by atoms with Crippen molar-refractivity contribution in [2.45, 2.75) is 6.43 Å². The first kappa shape index (κ1) is 16.4. The minimum absolute atomic E-state index is 0.238. The number of ether oxygens (including phenoxy) is 2. The number of alkyl halides is 2. The third-order valence-corrected chi connectivity index (χ3v) is 3.98. The number of nitrogens with one attached hydrogen (secondary N) is 1. The van der Waals surface area contributed by atoms with Gasteiger partial charge in [0.2, 0.25) is 5.82 Å². The first-order valence-electron chi connectivity index (χ1n) is 6.72. The van der Waals surface area contributed by atoms with E-state index in [-0.39, 0.29) is 5.65 Å². The van der Waals surface area contributed by atoms with Crippen molar-refractivity contribution >= 4 is 33.1 Å². The summed E-state index contributed by atoms with van der Waals surface area (Å²) < 4.78 is 38.0. The zero-order chi connectivity index (χ0) is 17.3. The van der Waals surface area contributed by atoms with Crippen LogP contribution in [0.2, 0.25) is 0 Å². The Morgan fingerprint density at radius 1 is 1.12 bits per heavy atom. The first-order valence-corrected chi connectivity index (χ1v) is 7.52. The van der Waals surface area contributed by atoms with Crippen LogP contribution in [0.4, 0.5) is 20.3 Å². The highest BCUT2D eigenvalue weighted by atomic mass is 79.9. The molecule has 0 aliphatic heterocycles. The first-order chi connectivity index (χ1) is 11.5. The number of aromatic nitrogens is 4. The van der Waals surface area contributed by atoms with E-state index in [9.17, 15) is 8.78 Å². The summed E-state index contributed by atoms with van der Waals surface area (Å²) in [6.45, 7) is 0. The second kappa shape index (κ2) is 6.56. The summed E-state index contributed by atoms with van der Waals surface area (Å²) >= 11 is 3.38. The second-order valence-corrected chi connectivity index (χ2v) is 5.46. The van der Waals surface area contributed by atoms with Gasteiger partial charge in [-0.3, -0.25) is 0 Å². The molecule has 7 nitrogen and oxygen atoms in total. The number of hydrogen-bond acceptors (Lipinski definition) is 6. The summed E-state index contributed by atoms with van der Waals surface area (Å²) in [6, 6.07) is 6.60. The number of benzene rings is 1. The normalized spacial score (nSPS) is 11.1. The molecule has 2 heterocycles. The number of anilines is 2. The molecule has 1 N–H and O–H groups in total. The summed E-state index contributed by atoms with van der Waals surface area (Å²) in [7, 11) is 3.05. The van der Waals surface area contributed by atoms with E-state index in [0.29, 0.717) is 27.5 Å². The number of fused-ring (bicyclic) bond motifs is 1. The summed E-state index contributed by atoms with van der Waals surface area (Å²) in [5.74, 6) is 0.932. The molecule has 0 amide bonds. The van der Waals surface area contributed by atoms with Crippen LogP contribution >= 0.6 is 15.9 Å². The van der Waals surface area contributed by atoms with Crippen LogP contribution in [0, 0.1) is 0 Å². The van der Waals surface area contributed by atoms with Crippen LogP contribution in [0.1, 0.15) is 12.2 Å². The van der Waals surface area contributed by atoms with Crippen molar-refractivity contribution in [3.63, 3.8) is 0 Å². The number of nitrogens with zero attached hydrogens (tertiary/aromatic N) is 4. The molecule has 0 atom stereocenters. The summed E-state index contributed by atoms with van der Waals surface area (Å²) in [6.07, 6.45) is -2.77. The molecule has 0 fully saturated rings. The van der Waals surface area contributed by atoms with Crippen molar-refractivity contribution < 1.29 is 18.3 Å². The molecular weight excluding hydrogens is 388 g/mol. The van der Waals surface area contributed by atoms with Crippen molar-refractivity contribution in [2.75, 3.05) is 19.5 Å². The lowest BCUT2D eigenvalue weighted by atomic mass is 10.2. The van der Waals surface area contributed by atoms with Gasteiger partial charge in [-0.25, -0.2) is 8.78 Å². The zero-order valence-electron chi connectivity index (χ0n) is 12.6. The quantitative estimate of drug-likeness (QED) is 0.706. The number of halogens is 3. The summed E-state index contributed by atoms with van der Waals surface area (Å²) in [5, 5.41) is 14.2. The Labute approximate surface area is 143 Å². The summed E-state index contributed by atoms with van der Waals surface area (Å²) in [4.78, 5) is 0. The standard InChI is InChI=1S/C14H12BrF2N5O2/c1-23-8-5-7(6-9(24-2)12(8)15)18-10-3-4-11-19-20-14(13(16)17)22(11)21-10/h3-6,13H,1-2H3,(H,18,21). The lowest BCUT2D eigenvalue weighted by Crippen LogP contribution is -2.03. The van der Waals surface area contributed by atoms with E-state index in [2.05, 4.69) is 36.5 Å². The van der Waals surface area contributed by atoms with E-state index >= 15 is 0 Å². The van der Waals surface area contributed by atoms with Crippen LogP contribution in [0.25, 0.3) is 5.65 Å². The van der Waals surface area contributed by atoms with Gasteiger partial charge in [-0.1, -0.05) is 0 Å². The van der Waals surface area contributed by atoms with E-state index in [1.165, 1.54) is 14.2 Å². The van der Waals surface area contributed by atoms with Crippen molar-refractivity contribution in [3.05, 3.63) is 34.6 Å². The monoisotopic (exact) mass is 399 g/mol. The van der Waals surface area contributed by atoms with Crippen molar-refractivity contribution in [3.8, 4) is 11.5 Å². The second-order valence-electron chi connectivity index (χ2n) is 4.67. The maximum atomic E-state index is 12.9. The van der Waals surface area contributed by atoms with Crippen LogP contribution < -0.4 is 14.8 Å². The number of hydrogen-bond donors (Lipinski definition) is 1. The molecule has 24 heavy (non-hydrogen) atoms. The molecule has 0 saturated heterocycles. The molecule has 0 radical (unpaired) electrons. The average molecular weight is 400 g/mol. The zero-order valence-corrected chi connectivity index (χ0v) is 14.2. The van der Waals surface area contributed by atoms with E-state index in [1.54, 1.807) is 24.3 Å². The average Bonchev–Trinajstić information content (AvgIpc) is 2.99. The van der Waals surface area contributed by atoms with Gasteiger partial charge in [0.05, 0.1) is 14.2 Å². The molecule has 3 rings (SSSR count). The highest BCUT2D eigenvalue weighted by Gasteiger charge is 2.17. The fourth-order valence-corrected chi connectivity index (χ4v) is 2.65. The van der Waals surface area contributed by atoms with Gasteiger partial charge >= 0.3 is 0 Å².